The highest BCUT2D eigenvalue weighted by molar-refractivity contribution is 6.31. The topological polar surface area (TPSA) is 60.5 Å². The molecule has 0 aliphatic carbocycles. The molecule has 6 heteroatoms. The van der Waals surface area contributed by atoms with E-state index in [0.717, 1.165) is 44.2 Å². The predicted octanol–water partition coefficient (Wildman–Crippen LogP) is 6.68. The number of hydrogen-bond donors (Lipinski definition) is 1. The number of rotatable bonds is 5. The molecule has 0 bridgehead atoms. The van der Waals surface area contributed by atoms with E-state index in [2.05, 4.69) is 39.1 Å². The smallest absolute Gasteiger partial charge is 0.407 e. The molecule has 3 aromatic rings. The fraction of sp³-hybridized carbons (Fsp3) is 0.333. The molecule has 1 N–H and O–H groups in total. The predicted molar refractivity (Wildman–Crippen MR) is 131 cm³/mol. The van der Waals surface area contributed by atoms with Gasteiger partial charge in [0.2, 0.25) is 0 Å². The summed E-state index contributed by atoms with van der Waals surface area (Å²) in [4.78, 5) is 16.6. The Hall–Kier alpha value is -3.05. The molecule has 0 unspecified atom stereocenters. The molecular weight excluding hydrogens is 436 g/mol. The van der Waals surface area contributed by atoms with Crippen LogP contribution in [0.15, 0.2) is 48.5 Å². The number of benzene rings is 2. The summed E-state index contributed by atoms with van der Waals surface area (Å²) in [5, 5.41) is 3.57. The minimum Gasteiger partial charge on any atom is -0.488 e. The Balaban J connectivity index is 1.78. The largest absolute Gasteiger partial charge is 0.488 e. The standard InChI is InChI=1S/C27H29ClN2O3/c1-16-11-20(27(3,4)5)21(28)12-19(16)22-13-24(32-14-18-9-7-6-8-10-18)25(17(2)29-22)23-15-33-26(31)30-23/h6-13,23H,14-15H2,1-5H3,(H,30,31)/t23-/m0/s1. The summed E-state index contributed by atoms with van der Waals surface area (Å²) >= 11 is 6.68. The molecule has 0 radical (unpaired) electrons. The Morgan fingerprint density at radius 2 is 1.88 bits per heavy atom. The molecular formula is C27H29ClN2O3. The number of pyridine rings is 1. The summed E-state index contributed by atoms with van der Waals surface area (Å²) in [6.45, 7) is 11.1. The van der Waals surface area contributed by atoms with Gasteiger partial charge in [-0.15, -0.1) is 0 Å². The van der Waals surface area contributed by atoms with Gasteiger partial charge in [-0.05, 0) is 42.0 Å². The normalized spacial score (nSPS) is 15.8. The van der Waals surface area contributed by atoms with Gasteiger partial charge in [0.15, 0.2) is 0 Å². The number of ether oxygens (including phenoxy) is 2. The van der Waals surface area contributed by atoms with E-state index >= 15 is 0 Å². The van der Waals surface area contributed by atoms with E-state index in [-0.39, 0.29) is 18.1 Å². The van der Waals surface area contributed by atoms with Crippen LogP contribution < -0.4 is 10.1 Å². The van der Waals surface area contributed by atoms with Crippen LogP contribution in [0.2, 0.25) is 5.02 Å². The minimum absolute atomic E-state index is 0.0573. The van der Waals surface area contributed by atoms with Crippen LogP contribution in [0.1, 0.15) is 54.8 Å². The van der Waals surface area contributed by atoms with Gasteiger partial charge < -0.3 is 14.8 Å². The number of nitrogens with one attached hydrogen (secondary N) is 1. The SMILES string of the molecule is Cc1cc(C(C)(C)C)c(Cl)cc1-c1cc(OCc2ccccc2)c([C@@H]2COC(=O)N2)c(C)n1. The monoisotopic (exact) mass is 464 g/mol. The van der Waals surface area contributed by atoms with Crippen molar-refractivity contribution in [1.82, 2.24) is 10.3 Å². The molecule has 1 amide bonds. The third-order valence-electron chi connectivity index (χ3n) is 5.87. The van der Waals surface area contributed by atoms with Gasteiger partial charge in [-0.3, -0.25) is 4.98 Å². The highest BCUT2D eigenvalue weighted by atomic mass is 35.5. The molecule has 1 fully saturated rings. The second-order valence-corrected chi connectivity index (χ2v) is 9.88. The van der Waals surface area contributed by atoms with Gasteiger partial charge in [-0.1, -0.05) is 68.8 Å². The maximum atomic E-state index is 11.7. The van der Waals surface area contributed by atoms with Gasteiger partial charge in [0.1, 0.15) is 19.0 Å². The molecule has 5 nitrogen and oxygen atoms in total. The van der Waals surface area contributed by atoms with Crippen molar-refractivity contribution in [2.45, 2.75) is 52.7 Å². The van der Waals surface area contributed by atoms with E-state index in [1.54, 1.807) is 0 Å². The van der Waals surface area contributed by atoms with Crippen molar-refractivity contribution in [2.24, 2.45) is 0 Å². The molecule has 2 heterocycles. The molecule has 1 atom stereocenters. The third-order valence-corrected chi connectivity index (χ3v) is 6.18. The molecule has 1 aromatic heterocycles. The van der Waals surface area contributed by atoms with E-state index in [9.17, 15) is 4.79 Å². The molecule has 172 valence electrons. The van der Waals surface area contributed by atoms with Gasteiger partial charge in [0.25, 0.3) is 0 Å². The van der Waals surface area contributed by atoms with Crippen molar-refractivity contribution in [3.8, 4) is 17.0 Å². The second-order valence-electron chi connectivity index (χ2n) is 9.47. The van der Waals surface area contributed by atoms with Crippen LogP contribution in [0.4, 0.5) is 4.79 Å². The van der Waals surface area contributed by atoms with Crippen LogP contribution in [-0.4, -0.2) is 17.7 Å². The van der Waals surface area contributed by atoms with E-state index in [1.807, 2.05) is 49.4 Å². The Morgan fingerprint density at radius 3 is 2.52 bits per heavy atom. The Morgan fingerprint density at radius 1 is 1.15 bits per heavy atom. The van der Waals surface area contributed by atoms with Crippen LogP contribution in [0.25, 0.3) is 11.3 Å². The lowest BCUT2D eigenvalue weighted by molar-refractivity contribution is 0.176. The first kappa shape index (κ1) is 23.1. The molecule has 1 aliphatic rings. The maximum Gasteiger partial charge on any atom is 0.407 e. The first-order valence-corrected chi connectivity index (χ1v) is 11.4. The highest BCUT2D eigenvalue weighted by Crippen LogP contribution is 2.38. The first-order chi connectivity index (χ1) is 15.6. The van der Waals surface area contributed by atoms with Crippen LogP contribution in [0, 0.1) is 13.8 Å². The number of halogens is 1. The van der Waals surface area contributed by atoms with Gasteiger partial charge in [0, 0.05) is 27.9 Å². The van der Waals surface area contributed by atoms with Gasteiger partial charge in [0.05, 0.1) is 11.7 Å². The lowest BCUT2D eigenvalue weighted by atomic mass is 9.85. The van der Waals surface area contributed by atoms with Crippen LogP contribution in [-0.2, 0) is 16.8 Å². The molecule has 1 saturated heterocycles. The number of aryl methyl sites for hydroxylation is 2. The summed E-state index contributed by atoms with van der Waals surface area (Å²) in [7, 11) is 0. The Kier molecular flexibility index (Phi) is 6.35. The van der Waals surface area contributed by atoms with Crippen molar-refractivity contribution in [3.63, 3.8) is 0 Å². The van der Waals surface area contributed by atoms with E-state index in [1.165, 1.54) is 0 Å². The minimum atomic E-state index is -0.433. The fourth-order valence-corrected chi connectivity index (χ4v) is 4.59. The summed E-state index contributed by atoms with van der Waals surface area (Å²) in [5.74, 6) is 0.674. The highest BCUT2D eigenvalue weighted by Gasteiger charge is 2.30. The number of amides is 1. The number of carbonyl (C=O) groups is 1. The van der Waals surface area contributed by atoms with Gasteiger partial charge in [-0.25, -0.2) is 4.79 Å². The lowest BCUT2D eigenvalue weighted by Crippen LogP contribution is -2.20. The van der Waals surface area contributed by atoms with Crippen LogP contribution >= 0.6 is 11.6 Å². The van der Waals surface area contributed by atoms with Crippen molar-refractivity contribution in [1.29, 1.82) is 0 Å². The molecule has 1 aliphatic heterocycles. The van der Waals surface area contributed by atoms with Crippen molar-refractivity contribution >= 4 is 17.7 Å². The summed E-state index contributed by atoms with van der Waals surface area (Å²) in [6.07, 6.45) is -0.433. The zero-order valence-electron chi connectivity index (χ0n) is 19.7. The number of hydrogen-bond acceptors (Lipinski definition) is 4. The third kappa shape index (κ3) is 4.98. The van der Waals surface area contributed by atoms with Crippen molar-refractivity contribution in [2.75, 3.05) is 6.61 Å². The molecule has 2 aromatic carbocycles. The molecule has 0 saturated carbocycles. The zero-order chi connectivity index (χ0) is 23.8. The van der Waals surface area contributed by atoms with E-state index in [4.69, 9.17) is 26.1 Å². The summed E-state index contributed by atoms with van der Waals surface area (Å²) < 4.78 is 11.4. The molecule has 4 rings (SSSR count). The van der Waals surface area contributed by atoms with Crippen molar-refractivity contribution in [3.05, 3.63) is 81.5 Å². The molecule has 33 heavy (non-hydrogen) atoms. The molecule has 0 spiro atoms. The lowest BCUT2D eigenvalue weighted by Gasteiger charge is -2.23. The van der Waals surface area contributed by atoms with E-state index < -0.39 is 6.09 Å². The van der Waals surface area contributed by atoms with Crippen molar-refractivity contribution < 1.29 is 14.3 Å². The van der Waals surface area contributed by atoms with E-state index in [0.29, 0.717) is 12.4 Å². The maximum absolute atomic E-state index is 11.7. The fourth-order valence-electron chi connectivity index (χ4n) is 4.14. The quantitative estimate of drug-likeness (QED) is 0.457. The van der Waals surface area contributed by atoms with Crippen LogP contribution in [0.3, 0.4) is 0 Å². The van der Waals surface area contributed by atoms with Crippen LogP contribution in [0.5, 0.6) is 5.75 Å². The first-order valence-electron chi connectivity index (χ1n) is 11.1. The second kappa shape index (κ2) is 9.06. The number of aromatic nitrogens is 1. The van der Waals surface area contributed by atoms with Gasteiger partial charge in [-0.2, -0.15) is 0 Å². The zero-order valence-corrected chi connectivity index (χ0v) is 20.4. The van der Waals surface area contributed by atoms with Gasteiger partial charge >= 0.3 is 6.09 Å². The Labute approximate surface area is 200 Å². The average molecular weight is 465 g/mol. The number of cyclic esters (lactones) is 1. The summed E-state index contributed by atoms with van der Waals surface area (Å²) in [5.41, 5.74) is 6.54. The average Bonchev–Trinajstić information content (AvgIpc) is 3.18. The number of alkyl carbamates (subject to hydrolysis) is 1. The number of nitrogens with zero attached hydrogens (tertiary/aromatic N) is 1. The Bertz CT molecular complexity index is 1190. The summed E-state index contributed by atoms with van der Waals surface area (Å²) in [6, 6.07) is 15.7. The number of carbonyl (C=O) groups excluding carboxylic acids is 1.